The summed E-state index contributed by atoms with van der Waals surface area (Å²) in [6, 6.07) is 0.636. The van der Waals surface area contributed by atoms with Crippen molar-refractivity contribution in [2.24, 2.45) is 0 Å². The third kappa shape index (κ3) is 8.06. The molecule has 1 atom stereocenters. The van der Waals surface area contributed by atoms with Gasteiger partial charge in [-0.05, 0) is 12.8 Å². The minimum absolute atomic E-state index is 0. The fourth-order valence-electron chi connectivity index (χ4n) is 2.41. The highest BCUT2D eigenvalue weighted by molar-refractivity contribution is 6.60. The van der Waals surface area contributed by atoms with Gasteiger partial charge < -0.3 is 44.2 Å². The first kappa shape index (κ1) is 23.0. The first-order chi connectivity index (χ1) is 10.4. The van der Waals surface area contributed by atoms with Crippen molar-refractivity contribution in [2.45, 2.75) is 31.6 Å². The lowest BCUT2D eigenvalue weighted by molar-refractivity contribution is -0.881. The van der Waals surface area contributed by atoms with E-state index in [-0.39, 0.29) is 35.8 Å². The van der Waals surface area contributed by atoms with Crippen LogP contribution in [0.15, 0.2) is 0 Å². The van der Waals surface area contributed by atoms with E-state index in [1.165, 1.54) is 0 Å². The van der Waals surface area contributed by atoms with E-state index < -0.39 is 8.80 Å². The van der Waals surface area contributed by atoms with Crippen molar-refractivity contribution in [3.63, 3.8) is 0 Å². The number of carbonyl (C=O) groups excluding carboxylic acids is 1. The van der Waals surface area contributed by atoms with Crippen LogP contribution in [0.4, 0.5) is 0 Å². The number of rotatable bonds is 9. The minimum atomic E-state index is -2.61. The van der Waals surface area contributed by atoms with Gasteiger partial charge in [-0.15, -0.1) is 0 Å². The van der Waals surface area contributed by atoms with E-state index in [1.807, 2.05) is 14.1 Å². The number of hydrogen-bond donors (Lipinski definition) is 0. The van der Waals surface area contributed by atoms with Crippen molar-refractivity contribution < 1.29 is 49.0 Å². The Bertz CT molecular complexity index is 340. The smallest absolute Gasteiger partial charge is 0.505 e. The van der Waals surface area contributed by atoms with Crippen LogP contribution < -0.4 is 17.0 Å². The fourth-order valence-corrected chi connectivity index (χ4v) is 4.40. The molecule has 0 N–H and O–H groups in total. The van der Waals surface area contributed by atoms with Crippen LogP contribution in [0.5, 0.6) is 0 Å². The Labute approximate surface area is 150 Å². The molecule has 0 aromatic rings. The van der Waals surface area contributed by atoms with Crippen molar-refractivity contribution in [3.05, 3.63) is 0 Å². The summed E-state index contributed by atoms with van der Waals surface area (Å²) >= 11 is 0. The van der Waals surface area contributed by atoms with Crippen LogP contribution in [0, 0.1) is 0 Å². The monoisotopic (exact) mass is 415 g/mol. The van der Waals surface area contributed by atoms with E-state index in [9.17, 15) is 4.79 Å². The Morgan fingerprint density at radius 3 is 2.26 bits per heavy atom. The fraction of sp³-hybridized carbons (Fsp3) is 0.929. The summed E-state index contributed by atoms with van der Waals surface area (Å²) in [5, 5.41) is 0. The van der Waals surface area contributed by atoms with Gasteiger partial charge >= 0.3 is 14.8 Å². The number of carbonyl (C=O) groups is 1. The van der Waals surface area contributed by atoms with E-state index in [2.05, 4.69) is 0 Å². The lowest BCUT2D eigenvalue weighted by Gasteiger charge is -2.32. The van der Waals surface area contributed by atoms with Gasteiger partial charge in [0.1, 0.15) is 0 Å². The predicted octanol–water partition coefficient (Wildman–Crippen LogP) is -1.99. The summed E-state index contributed by atoms with van der Waals surface area (Å²) < 4.78 is 27.5. The zero-order valence-corrected chi connectivity index (χ0v) is 17.4. The molecule has 1 heterocycles. The van der Waals surface area contributed by atoms with Crippen LogP contribution in [0.25, 0.3) is 0 Å². The number of quaternary nitrogens is 1. The van der Waals surface area contributed by atoms with Crippen molar-refractivity contribution in [1.82, 2.24) is 0 Å². The molecular formula is C14H30BrNO6Si. The Kier molecular flexibility index (Phi) is 10.7. The highest BCUT2D eigenvalue weighted by Gasteiger charge is 2.40. The van der Waals surface area contributed by atoms with Crippen molar-refractivity contribution in [3.8, 4) is 0 Å². The summed E-state index contributed by atoms with van der Waals surface area (Å²) in [5.74, 6) is -0.239. The normalized spacial score (nSPS) is 19.1. The topological polar surface area (TPSA) is 63.2 Å². The Balaban J connectivity index is 0.00000484. The third-order valence-corrected chi connectivity index (χ3v) is 6.62. The van der Waals surface area contributed by atoms with Gasteiger partial charge in [-0.25, -0.2) is 4.79 Å². The second-order valence-electron chi connectivity index (χ2n) is 6.15. The van der Waals surface area contributed by atoms with Gasteiger partial charge in [0.25, 0.3) is 0 Å². The second kappa shape index (κ2) is 10.8. The molecule has 0 spiro atoms. The quantitative estimate of drug-likeness (QED) is 0.247. The predicted molar refractivity (Wildman–Crippen MR) is 83.1 cm³/mol. The summed E-state index contributed by atoms with van der Waals surface area (Å²) in [4.78, 5) is 12.1. The van der Waals surface area contributed by atoms with Crippen LogP contribution in [0.3, 0.4) is 0 Å². The average molecular weight is 416 g/mol. The number of likely N-dealkylation sites (N-methyl/N-ethyl adjacent to an activating group) is 1. The molecule has 23 heavy (non-hydrogen) atoms. The molecule has 1 unspecified atom stereocenters. The van der Waals surface area contributed by atoms with E-state index in [0.29, 0.717) is 23.7 Å². The van der Waals surface area contributed by atoms with Gasteiger partial charge in [-0.2, -0.15) is 0 Å². The third-order valence-electron chi connectivity index (χ3n) is 3.91. The van der Waals surface area contributed by atoms with Gasteiger partial charge in [0.05, 0.1) is 33.3 Å². The molecule has 9 heteroatoms. The molecule has 0 saturated carbocycles. The Hall–Kier alpha value is -0.0331. The zero-order valence-electron chi connectivity index (χ0n) is 14.8. The first-order valence-electron chi connectivity index (χ1n) is 7.65. The molecule has 1 aliphatic rings. The molecule has 0 amide bonds. The maximum absolute atomic E-state index is 12.1. The van der Waals surface area contributed by atoms with Crippen LogP contribution in [0.2, 0.25) is 6.04 Å². The maximum atomic E-state index is 12.1. The van der Waals surface area contributed by atoms with Gasteiger partial charge in [-0.3, -0.25) is 0 Å². The van der Waals surface area contributed by atoms with Crippen molar-refractivity contribution in [1.29, 1.82) is 0 Å². The molecule has 0 aromatic heterocycles. The minimum Gasteiger partial charge on any atom is -1.00 e. The largest absolute Gasteiger partial charge is 1.00 e. The van der Waals surface area contributed by atoms with E-state index >= 15 is 0 Å². The number of halogens is 1. The summed E-state index contributed by atoms with van der Waals surface area (Å²) in [5.41, 5.74) is 0. The molecule has 1 fully saturated rings. The summed E-state index contributed by atoms with van der Waals surface area (Å²) in [6.07, 6.45) is 2.48. The molecular weight excluding hydrogens is 386 g/mol. The highest BCUT2D eigenvalue weighted by Crippen LogP contribution is 2.17. The molecule has 0 aromatic carbocycles. The number of hydrogen-bond acceptors (Lipinski definition) is 6. The van der Waals surface area contributed by atoms with Gasteiger partial charge in [0, 0.05) is 27.8 Å². The van der Waals surface area contributed by atoms with Crippen LogP contribution in [-0.2, 0) is 27.5 Å². The molecule has 0 radical (unpaired) electrons. The maximum Gasteiger partial charge on any atom is 0.505 e. The standard InChI is InChI=1S/C14H30NO6Si.BrH/c1-15(2,9-11-22(17-3,18-4)19-5)12-13(16)21-14-8-6-7-10-20-14;/h14H,6-12H2,1-5H3;1H/q+1;/p-1. The van der Waals surface area contributed by atoms with E-state index in [1.54, 1.807) is 21.3 Å². The molecule has 1 saturated heterocycles. The summed E-state index contributed by atoms with van der Waals surface area (Å²) in [6.45, 7) is 1.64. The average Bonchev–Trinajstić information content (AvgIpc) is 2.49. The van der Waals surface area contributed by atoms with E-state index in [4.69, 9.17) is 22.8 Å². The molecule has 0 aliphatic carbocycles. The molecule has 0 bridgehead atoms. The highest BCUT2D eigenvalue weighted by atomic mass is 79.9. The first-order valence-corrected chi connectivity index (χ1v) is 9.58. The van der Waals surface area contributed by atoms with Crippen LogP contribution in [0.1, 0.15) is 19.3 Å². The van der Waals surface area contributed by atoms with Crippen molar-refractivity contribution in [2.75, 3.05) is 55.1 Å². The van der Waals surface area contributed by atoms with Crippen LogP contribution in [-0.4, -0.2) is 80.7 Å². The Morgan fingerprint density at radius 2 is 1.78 bits per heavy atom. The number of esters is 1. The van der Waals surface area contributed by atoms with Crippen LogP contribution >= 0.6 is 0 Å². The molecule has 7 nitrogen and oxygen atoms in total. The molecule has 1 rings (SSSR count). The molecule has 1 aliphatic heterocycles. The van der Waals surface area contributed by atoms with Gasteiger partial charge in [0.15, 0.2) is 6.54 Å². The van der Waals surface area contributed by atoms with Crippen molar-refractivity contribution >= 4 is 14.8 Å². The lowest BCUT2D eigenvalue weighted by Crippen LogP contribution is -3.00. The van der Waals surface area contributed by atoms with Gasteiger partial charge in [-0.1, -0.05) is 0 Å². The molecule has 138 valence electrons. The number of ether oxygens (including phenoxy) is 2. The Morgan fingerprint density at radius 1 is 1.17 bits per heavy atom. The lowest BCUT2D eigenvalue weighted by atomic mass is 10.2. The SMILES string of the molecule is CO[Si](CC[N+](C)(C)CC(=O)OC1CCCCO1)(OC)OC.[Br-]. The summed E-state index contributed by atoms with van der Waals surface area (Å²) in [7, 11) is 6.11. The second-order valence-corrected chi connectivity index (χ2v) is 9.24. The zero-order chi connectivity index (χ0) is 16.6. The van der Waals surface area contributed by atoms with E-state index in [0.717, 1.165) is 19.3 Å². The van der Waals surface area contributed by atoms with Gasteiger partial charge in [0.2, 0.25) is 6.29 Å². The number of nitrogens with zero attached hydrogens (tertiary/aromatic N) is 1.